The molecule has 3 aromatic rings. The minimum atomic E-state index is 0.0587. The summed E-state index contributed by atoms with van der Waals surface area (Å²) in [6, 6.07) is 9.87. The Labute approximate surface area is 152 Å². The average Bonchev–Trinajstić information content (AvgIpc) is 3.24. The molecule has 3 N–H and O–H groups in total. The molecule has 0 radical (unpaired) electrons. The van der Waals surface area contributed by atoms with E-state index in [9.17, 15) is 4.79 Å². The van der Waals surface area contributed by atoms with E-state index < -0.39 is 0 Å². The van der Waals surface area contributed by atoms with Gasteiger partial charge in [-0.3, -0.25) is 4.79 Å². The Kier molecular flexibility index (Phi) is 4.18. The number of piperidine rings is 1. The zero-order chi connectivity index (χ0) is 18.3. The quantitative estimate of drug-likeness (QED) is 0.749. The van der Waals surface area contributed by atoms with Gasteiger partial charge in [0.05, 0.1) is 5.69 Å². The van der Waals surface area contributed by atoms with E-state index in [1.165, 1.54) is 0 Å². The number of anilines is 1. The Bertz CT molecular complexity index is 899. The topological polar surface area (TPSA) is 88.2 Å². The van der Waals surface area contributed by atoms with Crippen LogP contribution in [-0.2, 0) is 0 Å². The van der Waals surface area contributed by atoms with E-state index in [0.717, 1.165) is 35.0 Å². The van der Waals surface area contributed by atoms with Gasteiger partial charge in [0.25, 0.3) is 5.91 Å². The molecule has 6 nitrogen and oxygen atoms in total. The fourth-order valence-corrected chi connectivity index (χ4v) is 3.91. The van der Waals surface area contributed by atoms with Crippen molar-refractivity contribution in [2.75, 3.05) is 18.8 Å². The van der Waals surface area contributed by atoms with Crippen LogP contribution in [0.15, 0.2) is 34.9 Å². The Balaban J connectivity index is 1.47. The van der Waals surface area contributed by atoms with Gasteiger partial charge in [0.2, 0.25) is 5.88 Å². The number of hydrogen-bond donors (Lipinski definition) is 2. The number of hydrogen-bond acceptors (Lipinski definition) is 4. The smallest absolute Gasteiger partial charge is 0.270 e. The standard InChI is InChI=1S/C20H24N4O2/c1-12(2)17-18(23-26-19(17)21)13-7-9-24(10-8-13)20(25)16-11-14-5-3-4-6-15(14)22-16/h3-6,11-13,22H,7-10,21H2,1-2H3. The number of carbonyl (C=O) groups excluding carboxylic acids is 1. The lowest BCUT2D eigenvalue weighted by Gasteiger charge is -2.31. The van der Waals surface area contributed by atoms with Crippen LogP contribution in [0.1, 0.15) is 60.3 Å². The van der Waals surface area contributed by atoms with Crippen LogP contribution in [-0.4, -0.2) is 34.0 Å². The van der Waals surface area contributed by atoms with Crippen molar-refractivity contribution in [3.8, 4) is 0 Å². The molecule has 6 heteroatoms. The molecule has 1 aromatic carbocycles. The number of nitrogens with zero attached hydrogens (tertiary/aromatic N) is 2. The SMILES string of the molecule is CC(C)c1c(C2CCN(C(=O)c3cc4ccccc4[nH]3)CC2)noc1N. The molecule has 0 aliphatic carbocycles. The van der Waals surface area contributed by atoms with Crippen molar-refractivity contribution in [2.24, 2.45) is 0 Å². The number of aromatic nitrogens is 2. The summed E-state index contributed by atoms with van der Waals surface area (Å²) >= 11 is 0. The van der Waals surface area contributed by atoms with Crippen LogP contribution in [0.5, 0.6) is 0 Å². The third-order valence-corrected chi connectivity index (χ3v) is 5.29. The largest absolute Gasteiger partial charge is 0.367 e. The molecule has 1 saturated heterocycles. The zero-order valence-corrected chi connectivity index (χ0v) is 15.2. The number of benzene rings is 1. The van der Waals surface area contributed by atoms with E-state index in [1.807, 2.05) is 35.2 Å². The molecule has 1 aliphatic rings. The highest BCUT2D eigenvalue weighted by Crippen LogP contribution is 2.36. The van der Waals surface area contributed by atoms with E-state index in [2.05, 4.69) is 24.0 Å². The first kappa shape index (κ1) is 16.7. The highest BCUT2D eigenvalue weighted by molar-refractivity contribution is 5.98. The van der Waals surface area contributed by atoms with Gasteiger partial charge >= 0.3 is 0 Å². The number of likely N-dealkylation sites (tertiary alicyclic amines) is 1. The molecule has 3 heterocycles. The summed E-state index contributed by atoms with van der Waals surface area (Å²) in [4.78, 5) is 18.0. The number of nitrogen functional groups attached to an aromatic ring is 1. The van der Waals surface area contributed by atoms with Crippen LogP contribution >= 0.6 is 0 Å². The molecule has 1 fully saturated rings. The fraction of sp³-hybridized carbons (Fsp3) is 0.400. The van der Waals surface area contributed by atoms with Gasteiger partial charge in [-0.1, -0.05) is 37.2 Å². The first-order valence-corrected chi connectivity index (χ1v) is 9.16. The Morgan fingerprint density at radius 1 is 1.31 bits per heavy atom. The number of aromatic amines is 1. The Morgan fingerprint density at radius 3 is 2.73 bits per heavy atom. The van der Waals surface area contributed by atoms with Crippen LogP contribution in [0.25, 0.3) is 10.9 Å². The lowest BCUT2D eigenvalue weighted by molar-refractivity contribution is 0.0706. The van der Waals surface area contributed by atoms with Crippen molar-refractivity contribution in [1.29, 1.82) is 0 Å². The van der Waals surface area contributed by atoms with E-state index in [-0.39, 0.29) is 11.8 Å². The number of carbonyl (C=O) groups is 1. The second-order valence-corrected chi connectivity index (χ2v) is 7.34. The van der Waals surface area contributed by atoms with Gasteiger partial charge in [-0.05, 0) is 30.9 Å². The number of amides is 1. The third-order valence-electron chi connectivity index (χ3n) is 5.29. The molecular formula is C20H24N4O2. The predicted octanol–water partition coefficient (Wildman–Crippen LogP) is 3.88. The van der Waals surface area contributed by atoms with E-state index in [0.29, 0.717) is 30.6 Å². The summed E-state index contributed by atoms with van der Waals surface area (Å²) in [5.41, 5.74) is 9.57. The van der Waals surface area contributed by atoms with Crippen LogP contribution < -0.4 is 5.73 Å². The zero-order valence-electron chi connectivity index (χ0n) is 15.2. The van der Waals surface area contributed by atoms with Crippen molar-refractivity contribution in [3.63, 3.8) is 0 Å². The van der Waals surface area contributed by atoms with Gasteiger partial charge in [0.15, 0.2) is 0 Å². The molecule has 1 aliphatic heterocycles. The van der Waals surface area contributed by atoms with Crippen molar-refractivity contribution in [1.82, 2.24) is 15.0 Å². The Hall–Kier alpha value is -2.76. The number of H-pyrrole nitrogens is 1. The highest BCUT2D eigenvalue weighted by atomic mass is 16.5. The molecule has 0 spiro atoms. The van der Waals surface area contributed by atoms with Gasteiger partial charge < -0.3 is 20.1 Å². The number of para-hydroxylation sites is 1. The summed E-state index contributed by atoms with van der Waals surface area (Å²) in [6.07, 6.45) is 1.75. The maximum absolute atomic E-state index is 12.8. The minimum absolute atomic E-state index is 0.0587. The maximum Gasteiger partial charge on any atom is 0.270 e. The number of fused-ring (bicyclic) bond motifs is 1. The molecule has 0 unspecified atom stereocenters. The lowest BCUT2D eigenvalue weighted by atomic mass is 9.88. The summed E-state index contributed by atoms with van der Waals surface area (Å²) in [6.45, 7) is 5.62. The van der Waals surface area contributed by atoms with Gasteiger partial charge in [-0.15, -0.1) is 0 Å². The number of nitrogens with one attached hydrogen (secondary N) is 1. The molecule has 0 bridgehead atoms. The number of rotatable bonds is 3. The molecule has 0 atom stereocenters. The maximum atomic E-state index is 12.8. The highest BCUT2D eigenvalue weighted by Gasteiger charge is 2.30. The monoisotopic (exact) mass is 352 g/mol. The summed E-state index contributed by atoms with van der Waals surface area (Å²) in [7, 11) is 0. The van der Waals surface area contributed by atoms with Crippen molar-refractivity contribution >= 4 is 22.7 Å². The second kappa shape index (κ2) is 6.52. The Morgan fingerprint density at radius 2 is 2.04 bits per heavy atom. The fourth-order valence-electron chi connectivity index (χ4n) is 3.91. The first-order valence-electron chi connectivity index (χ1n) is 9.16. The summed E-state index contributed by atoms with van der Waals surface area (Å²) in [5.74, 6) is 1.05. The first-order chi connectivity index (χ1) is 12.5. The van der Waals surface area contributed by atoms with Gasteiger partial charge in [-0.2, -0.15) is 0 Å². The molecule has 136 valence electrons. The van der Waals surface area contributed by atoms with Gasteiger partial charge in [-0.25, -0.2) is 0 Å². The predicted molar refractivity (Wildman–Crippen MR) is 101 cm³/mol. The van der Waals surface area contributed by atoms with E-state index in [1.54, 1.807) is 0 Å². The number of nitrogens with two attached hydrogens (primary N) is 1. The third kappa shape index (κ3) is 2.85. The minimum Gasteiger partial charge on any atom is -0.367 e. The van der Waals surface area contributed by atoms with Gasteiger partial charge in [0.1, 0.15) is 5.69 Å². The lowest BCUT2D eigenvalue weighted by Crippen LogP contribution is -2.38. The molecule has 26 heavy (non-hydrogen) atoms. The van der Waals surface area contributed by atoms with Crippen LogP contribution in [0.4, 0.5) is 5.88 Å². The average molecular weight is 352 g/mol. The van der Waals surface area contributed by atoms with Crippen molar-refractivity contribution in [2.45, 2.75) is 38.5 Å². The molecule has 0 saturated carbocycles. The van der Waals surface area contributed by atoms with Gasteiger partial charge in [0, 0.05) is 35.5 Å². The van der Waals surface area contributed by atoms with E-state index >= 15 is 0 Å². The van der Waals surface area contributed by atoms with Crippen LogP contribution in [0, 0.1) is 0 Å². The van der Waals surface area contributed by atoms with Crippen molar-refractivity contribution < 1.29 is 9.32 Å². The summed E-state index contributed by atoms with van der Waals surface area (Å²) < 4.78 is 5.23. The van der Waals surface area contributed by atoms with Crippen molar-refractivity contribution in [3.05, 3.63) is 47.3 Å². The summed E-state index contributed by atoms with van der Waals surface area (Å²) in [5, 5.41) is 5.27. The molecule has 2 aromatic heterocycles. The van der Waals surface area contributed by atoms with E-state index in [4.69, 9.17) is 10.3 Å². The van der Waals surface area contributed by atoms with Crippen LogP contribution in [0.2, 0.25) is 0 Å². The molecule has 4 rings (SSSR count). The normalized spacial score (nSPS) is 15.9. The second-order valence-electron chi connectivity index (χ2n) is 7.34. The molecular weight excluding hydrogens is 328 g/mol. The van der Waals surface area contributed by atoms with Crippen LogP contribution in [0.3, 0.4) is 0 Å². The molecule has 1 amide bonds.